The highest BCUT2D eigenvalue weighted by atomic mass is 32.1. The summed E-state index contributed by atoms with van der Waals surface area (Å²) in [5.74, 6) is -0.0733. The number of thiophene rings is 1. The highest BCUT2D eigenvalue weighted by Crippen LogP contribution is 2.19. The van der Waals surface area contributed by atoms with E-state index in [0.29, 0.717) is 0 Å². The Morgan fingerprint density at radius 1 is 1.59 bits per heavy atom. The lowest BCUT2D eigenvalue weighted by Crippen LogP contribution is -2.46. The van der Waals surface area contributed by atoms with Crippen LogP contribution in [0.1, 0.15) is 24.1 Å². The smallest absolute Gasteiger partial charge is 0.323 e. The number of likely N-dealkylation sites (tertiary alicyclic amines) is 1. The lowest BCUT2D eigenvalue weighted by molar-refractivity contribution is -0.148. The van der Waals surface area contributed by atoms with Crippen molar-refractivity contribution in [2.75, 3.05) is 20.2 Å². The van der Waals surface area contributed by atoms with Gasteiger partial charge in [0.1, 0.15) is 6.04 Å². The van der Waals surface area contributed by atoms with E-state index >= 15 is 0 Å². The summed E-state index contributed by atoms with van der Waals surface area (Å²) in [5.41, 5.74) is 0. The van der Waals surface area contributed by atoms with Gasteiger partial charge in [0, 0.05) is 11.4 Å². The lowest BCUT2D eigenvalue weighted by atomic mass is 10.0. The van der Waals surface area contributed by atoms with Gasteiger partial charge in [-0.1, -0.05) is 12.5 Å². The quantitative estimate of drug-likeness (QED) is 0.771. The van der Waals surface area contributed by atoms with Crippen molar-refractivity contribution in [3.05, 3.63) is 22.4 Å². The van der Waals surface area contributed by atoms with Crippen molar-refractivity contribution < 1.29 is 9.53 Å². The summed E-state index contributed by atoms with van der Waals surface area (Å²) in [5, 5.41) is 2.10. The molecule has 2 rings (SSSR count). The predicted molar refractivity (Wildman–Crippen MR) is 69.3 cm³/mol. The Bertz CT molecular complexity index is 350. The maximum Gasteiger partial charge on any atom is 0.323 e. The Morgan fingerprint density at radius 2 is 2.47 bits per heavy atom. The van der Waals surface area contributed by atoms with E-state index in [0.717, 1.165) is 32.4 Å². The van der Waals surface area contributed by atoms with E-state index in [1.54, 1.807) is 11.3 Å². The number of piperidine rings is 1. The van der Waals surface area contributed by atoms with Crippen LogP contribution in [-0.4, -0.2) is 37.1 Å². The maximum atomic E-state index is 11.7. The summed E-state index contributed by atoms with van der Waals surface area (Å²) in [6.45, 7) is 1.98. The van der Waals surface area contributed by atoms with Crippen LogP contribution in [0.5, 0.6) is 0 Å². The molecule has 0 aromatic carbocycles. The molecule has 0 bridgehead atoms. The molecule has 0 spiro atoms. The molecule has 0 radical (unpaired) electrons. The Hall–Kier alpha value is -0.870. The van der Waals surface area contributed by atoms with Crippen LogP contribution in [-0.2, 0) is 16.0 Å². The fourth-order valence-electron chi connectivity index (χ4n) is 2.37. The molecule has 1 aliphatic rings. The number of nitrogens with zero attached hydrogens (tertiary/aromatic N) is 1. The van der Waals surface area contributed by atoms with E-state index < -0.39 is 0 Å². The first-order valence-electron chi connectivity index (χ1n) is 6.15. The molecule has 1 saturated heterocycles. The van der Waals surface area contributed by atoms with Gasteiger partial charge in [-0.25, -0.2) is 0 Å². The molecule has 1 aromatic heterocycles. The van der Waals surface area contributed by atoms with E-state index in [-0.39, 0.29) is 12.0 Å². The number of carbonyl (C=O) groups excluding carboxylic acids is 1. The molecular formula is C13H19NO2S. The fourth-order valence-corrected chi connectivity index (χ4v) is 3.07. The third-order valence-electron chi connectivity index (χ3n) is 3.31. The number of ether oxygens (including phenoxy) is 1. The van der Waals surface area contributed by atoms with Crippen molar-refractivity contribution in [2.24, 2.45) is 0 Å². The third kappa shape index (κ3) is 3.30. The van der Waals surface area contributed by atoms with Gasteiger partial charge in [-0.05, 0) is 37.3 Å². The van der Waals surface area contributed by atoms with Crippen LogP contribution in [0, 0.1) is 0 Å². The van der Waals surface area contributed by atoms with Gasteiger partial charge in [0.2, 0.25) is 0 Å². The Kier molecular flexibility index (Phi) is 4.57. The van der Waals surface area contributed by atoms with Crippen LogP contribution >= 0.6 is 11.3 Å². The second-order valence-electron chi connectivity index (χ2n) is 4.40. The van der Waals surface area contributed by atoms with E-state index in [1.807, 2.05) is 0 Å². The van der Waals surface area contributed by atoms with Gasteiger partial charge in [0.05, 0.1) is 7.11 Å². The molecule has 0 saturated carbocycles. The van der Waals surface area contributed by atoms with Crippen molar-refractivity contribution in [2.45, 2.75) is 31.7 Å². The number of hydrogen-bond donors (Lipinski definition) is 0. The average molecular weight is 253 g/mol. The zero-order valence-corrected chi connectivity index (χ0v) is 11.0. The summed E-state index contributed by atoms with van der Waals surface area (Å²) in [4.78, 5) is 15.3. The molecule has 1 atom stereocenters. The molecule has 17 heavy (non-hydrogen) atoms. The average Bonchev–Trinajstić information content (AvgIpc) is 2.89. The summed E-state index contributed by atoms with van der Waals surface area (Å²) >= 11 is 1.78. The van der Waals surface area contributed by atoms with Crippen LogP contribution in [0.3, 0.4) is 0 Å². The highest BCUT2D eigenvalue weighted by molar-refractivity contribution is 7.09. The zero-order valence-electron chi connectivity index (χ0n) is 10.2. The first-order valence-corrected chi connectivity index (χ1v) is 7.03. The van der Waals surface area contributed by atoms with E-state index in [1.165, 1.54) is 18.4 Å². The normalized spacial score (nSPS) is 21.4. The Labute approximate surface area is 106 Å². The number of carbonyl (C=O) groups is 1. The summed E-state index contributed by atoms with van der Waals surface area (Å²) in [6.07, 6.45) is 4.30. The molecule has 1 aromatic rings. The molecular weight excluding hydrogens is 234 g/mol. The number of methoxy groups -OCH3 is 1. The second-order valence-corrected chi connectivity index (χ2v) is 5.43. The summed E-state index contributed by atoms with van der Waals surface area (Å²) in [7, 11) is 1.48. The SMILES string of the molecule is COC(=O)[C@H]1CCCCN1CCc1cccs1. The van der Waals surface area contributed by atoms with Crippen molar-refractivity contribution in [3.63, 3.8) is 0 Å². The van der Waals surface area contributed by atoms with Gasteiger partial charge >= 0.3 is 5.97 Å². The molecule has 94 valence electrons. The monoisotopic (exact) mass is 253 g/mol. The van der Waals surface area contributed by atoms with Crippen LogP contribution < -0.4 is 0 Å². The topological polar surface area (TPSA) is 29.5 Å². The largest absolute Gasteiger partial charge is 0.468 e. The van der Waals surface area contributed by atoms with Gasteiger partial charge in [0.15, 0.2) is 0 Å². The molecule has 0 amide bonds. The highest BCUT2D eigenvalue weighted by Gasteiger charge is 2.28. The first-order chi connectivity index (χ1) is 8.31. The first kappa shape index (κ1) is 12.6. The van der Waals surface area contributed by atoms with Crippen LogP contribution in [0.4, 0.5) is 0 Å². The predicted octanol–water partition coefficient (Wildman–Crippen LogP) is 2.32. The van der Waals surface area contributed by atoms with E-state index in [9.17, 15) is 4.79 Å². The second kappa shape index (κ2) is 6.17. The van der Waals surface area contributed by atoms with Crippen molar-refractivity contribution in [3.8, 4) is 0 Å². The van der Waals surface area contributed by atoms with Gasteiger partial charge in [-0.15, -0.1) is 11.3 Å². The van der Waals surface area contributed by atoms with Crippen LogP contribution in [0.2, 0.25) is 0 Å². The zero-order chi connectivity index (χ0) is 12.1. The summed E-state index contributed by atoms with van der Waals surface area (Å²) in [6, 6.07) is 4.21. The molecule has 4 heteroatoms. The van der Waals surface area contributed by atoms with Crippen LogP contribution in [0.25, 0.3) is 0 Å². The number of rotatable bonds is 4. The van der Waals surface area contributed by atoms with Gasteiger partial charge in [0.25, 0.3) is 0 Å². The molecule has 1 aliphatic heterocycles. The third-order valence-corrected chi connectivity index (χ3v) is 4.25. The maximum absolute atomic E-state index is 11.7. The lowest BCUT2D eigenvalue weighted by Gasteiger charge is -2.33. The number of hydrogen-bond acceptors (Lipinski definition) is 4. The van der Waals surface area contributed by atoms with Crippen LogP contribution in [0.15, 0.2) is 17.5 Å². The molecule has 2 heterocycles. The minimum Gasteiger partial charge on any atom is -0.468 e. The standard InChI is InChI=1S/C13H19NO2S/c1-16-13(15)12-6-2-3-8-14(12)9-7-11-5-4-10-17-11/h4-5,10,12H,2-3,6-9H2,1H3/t12-/m1/s1. The molecule has 0 N–H and O–H groups in total. The molecule has 0 unspecified atom stereocenters. The van der Waals surface area contributed by atoms with Gasteiger partial charge in [-0.3, -0.25) is 9.69 Å². The van der Waals surface area contributed by atoms with Crippen molar-refractivity contribution in [1.82, 2.24) is 4.90 Å². The Balaban J connectivity index is 1.90. The number of esters is 1. The minimum absolute atomic E-state index is 0.0197. The van der Waals surface area contributed by atoms with E-state index in [4.69, 9.17) is 4.74 Å². The summed E-state index contributed by atoms with van der Waals surface area (Å²) < 4.78 is 4.88. The van der Waals surface area contributed by atoms with Crippen molar-refractivity contribution in [1.29, 1.82) is 0 Å². The Morgan fingerprint density at radius 3 is 3.18 bits per heavy atom. The van der Waals surface area contributed by atoms with Crippen molar-refractivity contribution >= 4 is 17.3 Å². The van der Waals surface area contributed by atoms with Gasteiger partial charge < -0.3 is 4.74 Å². The molecule has 3 nitrogen and oxygen atoms in total. The minimum atomic E-state index is -0.0733. The molecule has 1 fully saturated rings. The fraction of sp³-hybridized carbons (Fsp3) is 0.615. The molecule has 0 aliphatic carbocycles. The van der Waals surface area contributed by atoms with Gasteiger partial charge in [-0.2, -0.15) is 0 Å². The van der Waals surface area contributed by atoms with E-state index in [2.05, 4.69) is 22.4 Å².